The zero-order valence-electron chi connectivity index (χ0n) is 12.5. The molecule has 1 heterocycles. The van der Waals surface area contributed by atoms with E-state index in [2.05, 4.69) is 6.07 Å². The SMILES string of the molecule is CCOC(=O)Cc1ccc(-c2cccc3c2COCO3)cc1. The number of hydrogen-bond acceptors (Lipinski definition) is 4. The van der Waals surface area contributed by atoms with E-state index in [1.165, 1.54) is 0 Å². The van der Waals surface area contributed by atoms with Crippen LogP contribution in [-0.4, -0.2) is 19.4 Å². The summed E-state index contributed by atoms with van der Waals surface area (Å²) in [6.07, 6.45) is 0.299. The van der Waals surface area contributed by atoms with Gasteiger partial charge in [-0.15, -0.1) is 0 Å². The van der Waals surface area contributed by atoms with Crippen molar-refractivity contribution in [3.63, 3.8) is 0 Å². The number of benzene rings is 2. The maximum absolute atomic E-state index is 11.5. The van der Waals surface area contributed by atoms with Gasteiger partial charge in [0.2, 0.25) is 0 Å². The van der Waals surface area contributed by atoms with E-state index in [1.807, 2.05) is 43.3 Å². The summed E-state index contributed by atoms with van der Waals surface area (Å²) in [6, 6.07) is 13.9. The van der Waals surface area contributed by atoms with E-state index in [4.69, 9.17) is 14.2 Å². The first-order chi connectivity index (χ1) is 10.8. The number of esters is 1. The Bertz CT molecular complexity index is 661. The molecule has 1 aliphatic heterocycles. The van der Waals surface area contributed by atoms with Gasteiger partial charge in [0.1, 0.15) is 5.75 Å². The minimum absolute atomic E-state index is 0.200. The van der Waals surface area contributed by atoms with Gasteiger partial charge in [0, 0.05) is 5.56 Å². The van der Waals surface area contributed by atoms with Crippen LogP contribution in [0.2, 0.25) is 0 Å². The zero-order valence-corrected chi connectivity index (χ0v) is 12.5. The molecule has 0 N–H and O–H groups in total. The van der Waals surface area contributed by atoms with Crippen molar-refractivity contribution in [3.8, 4) is 16.9 Å². The lowest BCUT2D eigenvalue weighted by Gasteiger charge is -2.20. The highest BCUT2D eigenvalue weighted by atomic mass is 16.7. The van der Waals surface area contributed by atoms with Gasteiger partial charge in [0.05, 0.1) is 19.6 Å². The van der Waals surface area contributed by atoms with E-state index in [-0.39, 0.29) is 5.97 Å². The van der Waals surface area contributed by atoms with Crippen LogP contribution in [0, 0.1) is 0 Å². The Hall–Kier alpha value is -2.33. The summed E-state index contributed by atoms with van der Waals surface area (Å²) in [5.41, 5.74) is 4.19. The predicted molar refractivity (Wildman–Crippen MR) is 82.5 cm³/mol. The second-order valence-electron chi connectivity index (χ2n) is 5.07. The molecule has 4 nitrogen and oxygen atoms in total. The van der Waals surface area contributed by atoms with Crippen molar-refractivity contribution in [2.24, 2.45) is 0 Å². The molecule has 0 atom stereocenters. The van der Waals surface area contributed by atoms with Gasteiger partial charge in [-0.1, -0.05) is 36.4 Å². The van der Waals surface area contributed by atoms with Crippen LogP contribution in [0.5, 0.6) is 5.75 Å². The number of hydrogen-bond donors (Lipinski definition) is 0. The molecule has 0 saturated heterocycles. The van der Waals surface area contributed by atoms with Crippen LogP contribution >= 0.6 is 0 Å². The molecule has 114 valence electrons. The Morgan fingerprint density at radius 1 is 1.18 bits per heavy atom. The molecule has 1 aliphatic rings. The Labute approximate surface area is 129 Å². The van der Waals surface area contributed by atoms with E-state index in [0.29, 0.717) is 26.4 Å². The molecule has 0 saturated carbocycles. The number of carbonyl (C=O) groups is 1. The molecule has 2 aromatic carbocycles. The van der Waals surface area contributed by atoms with E-state index in [0.717, 1.165) is 28.0 Å². The van der Waals surface area contributed by atoms with E-state index < -0.39 is 0 Å². The summed E-state index contributed by atoms with van der Waals surface area (Å²) in [5, 5.41) is 0. The summed E-state index contributed by atoms with van der Waals surface area (Å²) in [6.45, 7) is 3.07. The van der Waals surface area contributed by atoms with Crippen LogP contribution in [0.25, 0.3) is 11.1 Å². The first kappa shape index (κ1) is 14.6. The van der Waals surface area contributed by atoms with E-state index >= 15 is 0 Å². The lowest BCUT2D eigenvalue weighted by Crippen LogP contribution is -2.12. The summed E-state index contributed by atoms with van der Waals surface area (Å²) < 4.78 is 15.8. The Kier molecular flexibility index (Phi) is 4.39. The molecule has 22 heavy (non-hydrogen) atoms. The number of rotatable bonds is 4. The van der Waals surface area contributed by atoms with Gasteiger partial charge in [-0.2, -0.15) is 0 Å². The minimum Gasteiger partial charge on any atom is -0.467 e. The Morgan fingerprint density at radius 3 is 2.77 bits per heavy atom. The smallest absolute Gasteiger partial charge is 0.310 e. The summed E-state index contributed by atoms with van der Waals surface area (Å²) in [4.78, 5) is 11.5. The molecule has 0 spiro atoms. The van der Waals surface area contributed by atoms with Crippen molar-refractivity contribution in [1.29, 1.82) is 0 Å². The minimum atomic E-state index is -0.200. The predicted octanol–water partition coefficient (Wildman–Crippen LogP) is 3.33. The normalized spacial score (nSPS) is 13.1. The van der Waals surface area contributed by atoms with Gasteiger partial charge >= 0.3 is 5.97 Å². The average Bonchev–Trinajstić information content (AvgIpc) is 2.55. The summed E-state index contributed by atoms with van der Waals surface area (Å²) in [5.74, 6) is 0.675. The highest BCUT2D eigenvalue weighted by molar-refractivity contribution is 5.74. The van der Waals surface area contributed by atoms with E-state index in [1.54, 1.807) is 0 Å². The average molecular weight is 298 g/mol. The van der Waals surface area contributed by atoms with Crippen LogP contribution in [0.4, 0.5) is 0 Å². The third kappa shape index (κ3) is 3.12. The highest BCUT2D eigenvalue weighted by Gasteiger charge is 2.15. The van der Waals surface area contributed by atoms with Gasteiger partial charge in [-0.25, -0.2) is 0 Å². The molecule has 0 bridgehead atoms. The third-order valence-corrected chi connectivity index (χ3v) is 3.60. The standard InChI is InChI=1S/C18H18O4/c1-2-21-18(19)10-13-6-8-14(9-7-13)15-4-3-5-17-16(15)11-20-12-22-17/h3-9H,2,10-12H2,1H3. The topological polar surface area (TPSA) is 44.8 Å². The van der Waals surface area contributed by atoms with Crippen LogP contribution in [0.3, 0.4) is 0 Å². The Balaban J connectivity index is 1.83. The number of fused-ring (bicyclic) bond motifs is 1. The van der Waals surface area contributed by atoms with Crippen molar-refractivity contribution >= 4 is 5.97 Å². The van der Waals surface area contributed by atoms with Crippen molar-refractivity contribution < 1.29 is 19.0 Å². The van der Waals surface area contributed by atoms with Gasteiger partial charge in [0.25, 0.3) is 0 Å². The molecular formula is C18H18O4. The second-order valence-corrected chi connectivity index (χ2v) is 5.07. The van der Waals surface area contributed by atoms with E-state index in [9.17, 15) is 4.79 Å². The molecule has 0 aliphatic carbocycles. The van der Waals surface area contributed by atoms with Crippen LogP contribution < -0.4 is 4.74 Å². The lowest BCUT2D eigenvalue weighted by atomic mass is 9.97. The van der Waals surface area contributed by atoms with Gasteiger partial charge in [0.15, 0.2) is 6.79 Å². The van der Waals surface area contributed by atoms with Crippen molar-refractivity contribution in [3.05, 3.63) is 53.6 Å². The monoisotopic (exact) mass is 298 g/mol. The summed E-state index contributed by atoms with van der Waals surface area (Å²) in [7, 11) is 0. The maximum atomic E-state index is 11.5. The van der Waals surface area contributed by atoms with Crippen LogP contribution in [-0.2, 0) is 27.3 Å². The van der Waals surface area contributed by atoms with Crippen molar-refractivity contribution in [2.75, 3.05) is 13.4 Å². The van der Waals surface area contributed by atoms with Crippen LogP contribution in [0.1, 0.15) is 18.1 Å². The van der Waals surface area contributed by atoms with Gasteiger partial charge < -0.3 is 14.2 Å². The van der Waals surface area contributed by atoms with Crippen molar-refractivity contribution in [2.45, 2.75) is 20.0 Å². The van der Waals surface area contributed by atoms with Gasteiger partial charge in [-0.3, -0.25) is 4.79 Å². The first-order valence-electron chi connectivity index (χ1n) is 7.35. The number of ether oxygens (including phenoxy) is 3. The fourth-order valence-electron chi connectivity index (χ4n) is 2.55. The quantitative estimate of drug-likeness (QED) is 0.812. The first-order valence-corrected chi connectivity index (χ1v) is 7.35. The molecule has 0 radical (unpaired) electrons. The summed E-state index contributed by atoms with van der Waals surface area (Å²) >= 11 is 0. The third-order valence-electron chi connectivity index (χ3n) is 3.60. The lowest BCUT2D eigenvalue weighted by molar-refractivity contribution is -0.142. The second kappa shape index (κ2) is 6.62. The molecule has 0 amide bonds. The zero-order chi connectivity index (χ0) is 15.4. The largest absolute Gasteiger partial charge is 0.467 e. The molecule has 0 unspecified atom stereocenters. The maximum Gasteiger partial charge on any atom is 0.310 e. The molecule has 0 aromatic heterocycles. The van der Waals surface area contributed by atoms with Crippen LogP contribution in [0.15, 0.2) is 42.5 Å². The molecule has 3 rings (SSSR count). The molecule has 0 fully saturated rings. The Morgan fingerprint density at radius 2 is 2.00 bits per heavy atom. The molecular weight excluding hydrogens is 280 g/mol. The molecule has 4 heteroatoms. The fraction of sp³-hybridized carbons (Fsp3) is 0.278. The fourth-order valence-corrected chi connectivity index (χ4v) is 2.55. The van der Waals surface area contributed by atoms with Gasteiger partial charge in [-0.05, 0) is 29.7 Å². The highest BCUT2D eigenvalue weighted by Crippen LogP contribution is 2.33. The van der Waals surface area contributed by atoms with Crippen molar-refractivity contribution in [1.82, 2.24) is 0 Å². The number of carbonyl (C=O) groups excluding carboxylic acids is 1. The molecule has 2 aromatic rings.